The Balaban J connectivity index is 1.91. The van der Waals surface area contributed by atoms with E-state index >= 15 is 0 Å². The summed E-state index contributed by atoms with van der Waals surface area (Å²) in [4.78, 5) is 5.26. The fraction of sp³-hybridized carbons (Fsp3) is 0.667. The van der Waals surface area contributed by atoms with Crippen LogP contribution in [0.2, 0.25) is 0 Å². The van der Waals surface area contributed by atoms with Crippen molar-refractivity contribution in [3.05, 3.63) is 35.4 Å². The van der Waals surface area contributed by atoms with E-state index in [0.717, 1.165) is 19.5 Å². The molecule has 1 atom stereocenters. The lowest BCUT2D eigenvalue weighted by Crippen LogP contribution is -2.54. The summed E-state index contributed by atoms with van der Waals surface area (Å²) in [5, 5.41) is 0. The summed E-state index contributed by atoms with van der Waals surface area (Å²) < 4.78 is 0. The summed E-state index contributed by atoms with van der Waals surface area (Å²) in [6.45, 7) is 12.3. The fourth-order valence-electron chi connectivity index (χ4n) is 3.36. The maximum absolute atomic E-state index is 5.60. The van der Waals surface area contributed by atoms with Gasteiger partial charge in [-0.25, -0.2) is 0 Å². The highest BCUT2D eigenvalue weighted by Crippen LogP contribution is 2.18. The molecule has 0 radical (unpaired) electrons. The highest BCUT2D eigenvalue weighted by atomic mass is 15.3. The van der Waals surface area contributed by atoms with Crippen LogP contribution in [0.3, 0.4) is 0 Å². The van der Waals surface area contributed by atoms with Gasteiger partial charge >= 0.3 is 0 Å². The van der Waals surface area contributed by atoms with E-state index in [0.29, 0.717) is 12.1 Å². The Morgan fingerprint density at radius 3 is 2.38 bits per heavy atom. The van der Waals surface area contributed by atoms with Crippen LogP contribution in [0.5, 0.6) is 0 Å². The van der Waals surface area contributed by atoms with E-state index in [1.54, 1.807) is 0 Å². The van der Waals surface area contributed by atoms with Crippen LogP contribution in [0.1, 0.15) is 38.3 Å². The number of nitrogens with zero attached hydrogens (tertiary/aromatic N) is 2. The average Bonchev–Trinajstić information content (AvgIpc) is 2.49. The molecule has 21 heavy (non-hydrogen) atoms. The minimum atomic E-state index is 0.660. The van der Waals surface area contributed by atoms with Gasteiger partial charge in [0.25, 0.3) is 0 Å². The highest BCUT2D eigenvalue weighted by molar-refractivity contribution is 5.22. The fourth-order valence-corrected chi connectivity index (χ4v) is 3.36. The van der Waals surface area contributed by atoms with Gasteiger partial charge in [-0.2, -0.15) is 0 Å². The molecule has 0 amide bonds. The van der Waals surface area contributed by atoms with Gasteiger partial charge in [0.2, 0.25) is 0 Å². The summed E-state index contributed by atoms with van der Waals surface area (Å²) in [6, 6.07) is 10.3. The molecule has 118 valence electrons. The Labute approximate surface area is 130 Å². The quantitative estimate of drug-likeness (QED) is 0.873. The number of rotatable bonds is 6. The maximum atomic E-state index is 5.60. The first-order valence-electron chi connectivity index (χ1n) is 8.40. The van der Waals surface area contributed by atoms with Crippen LogP contribution in [0.25, 0.3) is 0 Å². The van der Waals surface area contributed by atoms with Gasteiger partial charge in [0.15, 0.2) is 0 Å². The Kier molecular flexibility index (Phi) is 6.22. The van der Waals surface area contributed by atoms with Gasteiger partial charge in [0, 0.05) is 38.3 Å². The molecular formula is C18H31N3. The monoisotopic (exact) mass is 289 g/mol. The average molecular weight is 289 g/mol. The van der Waals surface area contributed by atoms with E-state index in [-0.39, 0.29) is 0 Å². The zero-order chi connectivity index (χ0) is 15.2. The van der Waals surface area contributed by atoms with E-state index in [2.05, 4.69) is 54.8 Å². The predicted molar refractivity (Wildman–Crippen MR) is 90.4 cm³/mol. The number of hydrogen-bond donors (Lipinski definition) is 1. The van der Waals surface area contributed by atoms with E-state index < -0.39 is 0 Å². The zero-order valence-corrected chi connectivity index (χ0v) is 13.9. The van der Waals surface area contributed by atoms with Crippen LogP contribution < -0.4 is 5.73 Å². The number of benzene rings is 1. The second kappa shape index (κ2) is 7.92. The molecule has 1 fully saturated rings. The SMILES string of the molecule is CC[C@H]1CN(Cc2ccc(CCN)cc2)CCN1C(C)C. The van der Waals surface area contributed by atoms with Crippen LogP contribution in [0.4, 0.5) is 0 Å². The topological polar surface area (TPSA) is 32.5 Å². The molecule has 2 N–H and O–H groups in total. The van der Waals surface area contributed by atoms with Crippen molar-refractivity contribution >= 4 is 0 Å². The first-order chi connectivity index (χ1) is 10.1. The van der Waals surface area contributed by atoms with Gasteiger partial charge in [0.1, 0.15) is 0 Å². The summed E-state index contributed by atoms with van der Waals surface area (Å²) in [5.74, 6) is 0. The molecule has 0 saturated carbocycles. The van der Waals surface area contributed by atoms with Crippen LogP contribution in [0.15, 0.2) is 24.3 Å². The van der Waals surface area contributed by atoms with E-state index in [9.17, 15) is 0 Å². The standard InChI is InChI=1S/C18H31N3/c1-4-18-14-20(11-12-21(18)15(2)3)13-17-7-5-16(6-8-17)9-10-19/h5-8,15,18H,4,9-14,19H2,1-3H3/t18-/m0/s1. The van der Waals surface area contributed by atoms with Crippen LogP contribution in [-0.2, 0) is 13.0 Å². The van der Waals surface area contributed by atoms with Gasteiger partial charge in [-0.3, -0.25) is 9.80 Å². The van der Waals surface area contributed by atoms with Crippen molar-refractivity contribution in [1.29, 1.82) is 0 Å². The first-order valence-corrected chi connectivity index (χ1v) is 8.40. The first kappa shape index (κ1) is 16.5. The van der Waals surface area contributed by atoms with Crippen LogP contribution >= 0.6 is 0 Å². The molecule has 1 heterocycles. The van der Waals surface area contributed by atoms with Crippen LogP contribution in [0, 0.1) is 0 Å². The van der Waals surface area contributed by atoms with Gasteiger partial charge in [-0.05, 0) is 44.4 Å². The molecule has 3 heteroatoms. The minimum absolute atomic E-state index is 0.660. The van der Waals surface area contributed by atoms with Crippen molar-refractivity contribution < 1.29 is 0 Å². The molecule has 0 aliphatic carbocycles. The molecule has 1 aromatic rings. The molecule has 1 aromatic carbocycles. The van der Waals surface area contributed by atoms with E-state index in [1.807, 2.05) is 0 Å². The van der Waals surface area contributed by atoms with Crippen molar-refractivity contribution in [3.63, 3.8) is 0 Å². The summed E-state index contributed by atoms with van der Waals surface area (Å²) in [5.41, 5.74) is 8.37. The van der Waals surface area contributed by atoms with Crippen molar-refractivity contribution in [2.45, 2.75) is 52.2 Å². The minimum Gasteiger partial charge on any atom is -0.330 e. The molecule has 1 saturated heterocycles. The zero-order valence-electron chi connectivity index (χ0n) is 13.9. The van der Waals surface area contributed by atoms with Crippen molar-refractivity contribution in [1.82, 2.24) is 9.80 Å². The lowest BCUT2D eigenvalue weighted by molar-refractivity contribution is 0.0457. The Hall–Kier alpha value is -0.900. The molecule has 2 rings (SSSR count). The lowest BCUT2D eigenvalue weighted by Gasteiger charge is -2.43. The third-order valence-electron chi connectivity index (χ3n) is 4.61. The van der Waals surface area contributed by atoms with Crippen molar-refractivity contribution in [3.8, 4) is 0 Å². The highest BCUT2D eigenvalue weighted by Gasteiger charge is 2.27. The third kappa shape index (κ3) is 4.53. The van der Waals surface area contributed by atoms with Gasteiger partial charge in [-0.15, -0.1) is 0 Å². The number of nitrogens with two attached hydrogens (primary N) is 1. The summed E-state index contributed by atoms with van der Waals surface area (Å²) >= 11 is 0. The maximum Gasteiger partial charge on any atom is 0.0234 e. The summed E-state index contributed by atoms with van der Waals surface area (Å²) in [7, 11) is 0. The number of hydrogen-bond acceptors (Lipinski definition) is 3. The lowest BCUT2D eigenvalue weighted by atomic mass is 10.1. The molecule has 1 aliphatic heterocycles. The van der Waals surface area contributed by atoms with E-state index in [4.69, 9.17) is 5.73 Å². The molecule has 0 bridgehead atoms. The Morgan fingerprint density at radius 1 is 1.14 bits per heavy atom. The predicted octanol–water partition coefficient (Wildman–Crippen LogP) is 2.49. The molecule has 1 aliphatic rings. The summed E-state index contributed by atoms with van der Waals surface area (Å²) in [6.07, 6.45) is 2.22. The largest absolute Gasteiger partial charge is 0.330 e. The van der Waals surface area contributed by atoms with Gasteiger partial charge < -0.3 is 5.73 Å². The smallest absolute Gasteiger partial charge is 0.0234 e. The molecule has 0 spiro atoms. The second-order valence-corrected chi connectivity index (χ2v) is 6.48. The Morgan fingerprint density at radius 2 is 1.81 bits per heavy atom. The normalized spacial score (nSPS) is 21.1. The van der Waals surface area contributed by atoms with Gasteiger partial charge in [0.05, 0.1) is 0 Å². The Bertz CT molecular complexity index is 413. The van der Waals surface area contributed by atoms with Crippen LogP contribution in [-0.4, -0.2) is 48.1 Å². The molecular weight excluding hydrogens is 258 g/mol. The van der Waals surface area contributed by atoms with Gasteiger partial charge in [-0.1, -0.05) is 31.2 Å². The second-order valence-electron chi connectivity index (χ2n) is 6.48. The molecule has 0 unspecified atom stereocenters. The third-order valence-corrected chi connectivity index (χ3v) is 4.61. The van der Waals surface area contributed by atoms with E-state index in [1.165, 1.54) is 37.2 Å². The number of piperazine rings is 1. The molecule has 0 aromatic heterocycles. The van der Waals surface area contributed by atoms with Crippen molar-refractivity contribution in [2.24, 2.45) is 5.73 Å². The van der Waals surface area contributed by atoms with Crippen molar-refractivity contribution in [2.75, 3.05) is 26.2 Å². The molecule has 3 nitrogen and oxygen atoms in total.